The molecular formula is C18H17ClN4O3S. The minimum Gasteiger partial charge on any atom is -0.465 e. The third-order valence-corrected chi connectivity index (χ3v) is 5.09. The molecule has 140 valence electrons. The predicted molar refractivity (Wildman–Crippen MR) is 105 cm³/mol. The number of hydrogen-bond donors (Lipinski definition) is 0. The largest absolute Gasteiger partial charge is 0.465 e. The van der Waals surface area contributed by atoms with E-state index in [4.69, 9.17) is 16.3 Å². The molecule has 0 amide bonds. The molecule has 0 aliphatic rings. The Balaban J connectivity index is 1.99. The van der Waals surface area contributed by atoms with Gasteiger partial charge >= 0.3 is 5.97 Å². The Morgan fingerprint density at radius 1 is 1.37 bits per heavy atom. The van der Waals surface area contributed by atoms with Gasteiger partial charge in [-0.05, 0) is 19.1 Å². The maximum atomic E-state index is 12.8. The first-order valence-electron chi connectivity index (χ1n) is 8.00. The second-order valence-corrected chi connectivity index (χ2v) is 7.22. The molecule has 0 aliphatic carbocycles. The van der Waals surface area contributed by atoms with Gasteiger partial charge in [-0.25, -0.2) is 9.78 Å². The van der Waals surface area contributed by atoms with E-state index in [1.165, 1.54) is 13.3 Å². The highest BCUT2D eigenvalue weighted by Crippen LogP contribution is 2.23. The van der Waals surface area contributed by atoms with E-state index in [1.54, 1.807) is 35.6 Å². The van der Waals surface area contributed by atoms with Gasteiger partial charge in [0.05, 0.1) is 47.5 Å². The second kappa shape index (κ2) is 7.89. The lowest BCUT2D eigenvalue weighted by molar-refractivity contribution is 0.0600. The van der Waals surface area contributed by atoms with Crippen molar-refractivity contribution < 1.29 is 9.53 Å². The van der Waals surface area contributed by atoms with Crippen LogP contribution in [0.4, 0.5) is 5.69 Å². The molecule has 1 aromatic carbocycles. The van der Waals surface area contributed by atoms with Crippen LogP contribution in [0.15, 0.2) is 40.6 Å². The molecule has 0 saturated heterocycles. The molecule has 0 aliphatic heterocycles. The number of carbonyl (C=O) groups is 1. The zero-order chi connectivity index (χ0) is 19.6. The number of benzene rings is 1. The van der Waals surface area contributed by atoms with E-state index < -0.39 is 11.5 Å². The molecule has 0 bridgehead atoms. The Morgan fingerprint density at radius 2 is 2.11 bits per heavy atom. The third kappa shape index (κ3) is 3.86. The molecule has 0 radical (unpaired) electrons. The zero-order valence-corrected chi connectivity index (χ0v) is 16.5. The van der Waals surface area contributed by atoms with Crippen molar-refractivity contribution in [3.63, 3.8) is 0 Å². The molecule has 0 spiro atoms. The van der Waals surface area contributed by atoms with Crippen LogP contribution in [0.25, 0.3) is 5.69 Å². The van der Waals surface area contributed by atoms with Crippen molar-refractivity contribution in [1.82, 2.24) is 14.8 Å². The number of carbonyl (C=O) groups excluding carboxylic acids is 1. The number of ether oxygens (including phenoxy) is 1. The van der Waals surface area contributed by atoms with Gasteiger partial charge in [-0.2, -0.15) is 9.78 Å². The van der Waals surface area contributed by atoms with Crippen LogP contribution in [0.3, 0.4) is 0 Å². The van der Waals surface area contributed by atoms with Crippen LogP contribution in [0.5, 0.6) is 0 Å². The summed E-state index contributed by atoms with van der Waals surface area (Å²) < 4.78 is 5.87. The van der Waals surface area contributed by atoms with Crippen LogP contribution in [-0.4, -0.2) is 34.9 Å². The van der Waals surface area contributed by atoms with E-state index >= 15 is 0 Å². The number of nitrogens with zero attached hydrogens (tertiary/aromatic N) is 4. The van der Waals surface area contributed by atoms with Crippen LogP contribution in [0.1, 0.15) is 21.1 Å². The highest BCUT2D eigenvalue weighted by molar-refractivity contribution is 7.09. The van der Waals surface area contributed by atoms with Gasteiger partial charge in [0.1, 0.15) is 5.02 Å². The number of aromatic nitrogens is 3. The van der Waals surface area contributed by atoms with E-state index in [-0.39, 0.29) is 10.6 Å². The van der Waals surface area contributed by atoms with Gasteiger partial charge < -0.3 is 9.64 Å². The smallest absolute Gasteiger partial charge is 0.340 e. The van der Waals surface area contributed by atoms with Crippen LogP contribution in [-0.2, 0) is 11.3 Å². The van der Waals surface area contributed by atoms with Crippen LogP contribution < -0.4 is 10.5 Å². The lowest BCUT2D eigenvalue weighted by Gasteiger charge is -2.19. The number of anilines is 1. The number of halogens is 1. The van der Waals surface area contributed by atoms with E-state index in [0.29, 0.717) is 17.9 Å². The van der Waals surface area contributed by atoms with Gasteiger partial charge in [-0.3, -0.25) is 4.79 Å². The van der Waals surface area contributed by atoms with Gasteiger partial charge in [0.2, 0.25) is 0 Å². The SMILES string of the molecule is COC(=O)c1ccccc1-n1ncc(N(C)Cc2csc(C)n2)c(Cl)c1=O. The normalized spacial score (nSPS) is 10.7. The Labute approximate surface area is 164 Å². The lowest BCUT2D eigenvalue weighted by Crippen LogP contribution is -2.27. The molecule has 0 atom stereocenters. The minimum atomic E-state index is -0.560. The van der Waals surface area contributed by atoms with Crippen molar-refractivity contribution in [2.24, 2.45) is 0 Å². The van der Waals surface area contributed by atoms with E-state index in [9.17, 15) is 9.59 Å². The molecule has 0 saturated carbocycles. The van der Waals surface area contributed by atoms with Crippen LogP contribution >= 0.6 is 22.9 Å². The summed E-state index contributed by atoms with van der Waals surface area (Å²) in [5.74, 6) is -0.560. The molecule has 0 unspecified atom stereocenters. The maximum absolute atomic E-state index is 12.8. The first-order chi connectivity index (χ1) is 12.9. The monoisotopic (exact) mass is 404 g/mol. The van der Waals surface area contributed by atoms with Crippen molar-refractivity contribution in [1.29, 1.82) is 0 Å². The average molecular weight is 405 g/mol. The standard InChI is InChI=1S/C18H17ClN4O3S/c1-11-21-12(10-27-11)9-22(2)15-8-20-23(17(24)16(15)19)14-7-5-4-6-13(14)18(25)26-3/h4-8,10H,9H2,1-3H3. The molecule has 0 fully saturated rings. The van der Waals surface area contributed by atoms with Crippen molar-refractivity contribution >= 4 is 34.6 Å². The summed E-state index contributed by atoms with van der Waals surface area (Å²) in [6.45, 7) is 2.43. The fourth-order valence-electron chi connectivity index (χ4n) is 2.61. The summed E-state index contributed by atoms with van der Waals surface area (Å²) in [4.78, 5) is 31.0. The number of hydrogen-bond acceptors (Lipinski definition) is 7. The lowest BCUT2D eigenvalue weighted by atomic mass is 10.2. The molecule has 3 aromatic rings. The molecule has 9 heteroatoms. The zero-order valence-electron chi connectivity index (χ0n) is 15.0. The summed E-state index contributed by atoms with van der Waals surface area (Å²) in [6, 6.07) is 6.56. The summed E-state index contributed by atoms with van der Waals surface area (Å²) in [5, 5.41) is 7.15. The van der Waals surface area contributed by atoms with Gasteiger partial charge in [0.25, 0.3) is 5.56 Å². The fourth-order valence-corrected chi connectivity index (χ4v) is 3.49. The fraction of sp³-hybridized carbons (Fsp3) is 0.222. The summed E-state index contributed by atoms with van der Waals surface area (Å²) in [7, 11) is 3.09. The Morgan fingerprint density at radius 3 is 2.78 bits per heavy atom. The Kier molecular flexibility index (Phi) is 5.57. The molecule has 27 heavy (non-hydrogen) atoms. The van der Waals surface area contributed by atoms with E-state index in [0.717, 1.165) is 15.4 Å². The molecule has 3 rings (SSSR count). The molecular weight excluding hydrogens is 388 g/mol. The quantitative estimate of drug-likeness (QED) is 0.608. The van der Waals surface area contributed by atoms with Crippen molar-refractivity contribution in [3.05, 3.63) is 67.5 Å². The van der Waals surface area contributed by atoms with E-state index in [2.05, 4.69) is 10.1 Å². The number of methoxy groups -OCH3 is 1. The number of rotatable bonds is 5. The number of aryl methyl sites for hydroxylation is 1. The first kappa shape index (κ1) is 19.1. The van der Waals surface area contributed by atoms with Gasteiger partial charge in [0.15, 0.2) is 0 Å². The average Bonchev–Trinajstić information content (AvgIpc) is 3.07. The highest BCUT2D eigenvalue weighted by atomic mass is 35.5. The third-order valence-electron chi connectivity index (χ3n) is 3.92. The van der Waals surface area contributed by atoms with Crippen molar-refractivity contribution in [2.45, 2.75) is 13.5 Å². The topological polar surface area (TPSA) is 77.3 Å². The molecule has 2 aromatic heterocycles. The van der Waals surface area contributed by atoms with Crippen molar-refractivity contribution in [2.75, 3.05) is 19.1 Å². The Hall–Kier alpha value is -2.71. The van der Waals surface area contributed by atoms with Crippen molar-refractivity contribution in [3.8, 4) is 5.69 Å². The van der Waals surface area contributed by atoms with Gasteiger partial charge in [0, 0.05) is 12.4 Å². The minimum absolute atomic E-state index is 0.0131. The maximum Gasteiger partial charge on any atom is 0.340 e. The number of esters is 1. The Bertz CT molecular complexity index is 1050. The molecule has 0 N–H and O–H groups in total. The van der Waals surface area contributed by atoms with Gasteiger partial charge in [-0.1, -0.05) is 23.7 Å². The van der Waals surface area contributed by atoms with E-state index in [1.807, 2.05) is 24.3 Å². The molecule has 2 heterocycles. The number of para-hydroxylation sites is 1. The molecule has 7 nitrogen and oxygen atoms in total. The van der Waals surface area contributed by atoms with Crippen LogP contribution in [0.2, 0.25) is 5.02 Å². The summed E-state index contributed by atoms with van der Waals surface area (Å²) in [6.07, 6.45) is 1.50. The first-order valence-corrected chi connectivity index (χ1v) is 9.25. The second-order valence-electron chi connectivity index (χ2n) is 5.78. The predicted octanol–water partition coefficient (Wildman–Crippen LogP) is 3.07. The van der Waals surface area contributed by atoms with Crippen LogP contribution in [0, 0.1) is 6.92 Å². The summed E-state index contributed by atoms with van der Waals surface area (Å²) >= 11 is 7.89. The summed E-state index contributed by atoms with van der Waals surface area (Å²) in [5.41, 5.74) is 1.38. The number of thiazole rings is 1. The highest BCUT2D eigenvalue weighted by Gasteiger charge is 2.19. The van der Waals surface area contributed by atoms with Gasteiger partial charge in [-0.15, -0.1) is 11.3 Å².